The summed E-state index contributed by atoms with van der Waals surface area (Å²) in [6, 6.07) is 6.70. The zero-order valence-electron chi connectivity index (χ0n) is 10.6. The van der Waals surface area contributed by atoms with Crippen molar-refractivity contribution in [2.24, 2.45) is 0 Å². The first-order chi connectivity index (χ1) is 7.33. The maximum Gasteiger partial charge on any atom is 0.123 e. The van der Waals surface area contributed by atoms with E-state index in [0.29, 0.717) is 0 Å². The average molecular weight is 213 g/mol. The summed E-state index contributed by atoms with van der Waals surface area (Å²) in [6.07, 6.45) is 0.883. The molecule has 0 radical (unpaired) electrons. The fraction of sp³-hybridized carbons (Fsp3) is 0.538. The lowest BCUT2D eigenvalue weighted by molar-refractivity contribution is 0.624. The zero-order chi connectivity index (χ0) is 12.1. The Morgan fingerprint density at radius 1 is 1.13 bits per heavy atom. The van der Waals surface area contributed by atoms with Gasteiger partial charge in [0.1, 0.15) is 5.82 Å². The normalized spacial score (nSPS) is 8.13. The van der Waals surface area contributed by atoms with E-state index in [-0.39, 0.29) is 5.82 Å². The van der Waals surface area contributed by atoms with Crippen LogP contribution in [0.5, 0.6) is 0 Å². The van der Waals surface area contributed by atoms with Crippen LogP contribution in [0.1, 0.15) is 33.3 Å². The van der Waals surface area contributed by atoms with Gasteiger partial charge in [-0.3, -0.25) is 0 Å². The molecule has 15 heavy (non-hydrogen) atoms. The van der Waals surface area contributed by atoms with E-state index in [1.807, 2.05) is 40.8 Å². The van der Waals surface area contributed by atoms with Crippen molar-refractivity contribution in [3.05, 3.63) is 35.6 Å². The number of likely N-dealkylation sites (N-methyl/N-ethyl adjacent to an activating group) is 1. The molecule has 0 aliphatic carbocycles. The van der Waals surface area contributed by atoms with Gasteiger partial charge in [-0.2, -0.15) is 0 Å². The zero-order valence-corrected chi connectivity index (χ0v) is 10.6. The molecule has 0 aliphatic heterocycles. The predicted molar refractivity (Wildman–Crippen MR) is 66.7 cm³/mol. The van der Waals surface area contributed by atoms with E-state index in [9.17, 15) is 4.39 Å². The van der Waals surface area contributed by atoms with Crippen LogP contribution in [0.15, 0.2) is 24.3 Å². The van der Waals surface area contributed by atoms with Gasteiger partial charge in [-0.25, -0.2) is 4.39 Å². The summed E-state index contributed by atoms with van der Waals surface area (Å²) < 4.78 is 12.6. The third-order valence-corrected chi connectivity index (χ3v) is 1.55. The van der Waals surface area contributed by atoms with Gasteiger partial charge in [0.25, 0.3) is 0 Å². The Bertz CT molecular complexity index is 224. The van der Waals surface area contributed by atoms with E-state index in [1.165, 1.54) is 6.07 Å². The summed E-state index contributed by atoms with van der Waals surface area (Å²) in [6.45, 7) is 8.89. The van der Waals surface area contributed by atoms with Crippen molar-refractivity contribution in [3.63, 3.8) is 0 Å². The Hall–Kier alpha value is -0.890. The van der Waals surface area contributed by atoms with Gasteiger partial charge in [-0.05, 0) is 37.7 Å². The van der Waals surface area contributed by atoms with Crippen molar-refractivity contribution in [1.29, 1.82) is 0 Å². The quantitative estimate of drug-likeness (QED) is 0.808. The minimum atomic E-state index is -0.154. The van der Waals surface area contributed by atoms with Crippen LogP contribution < -0.4 is 5.32 Å². The summed E-state index contributed by atoms with van der Waals surface area (Å²) in [5.74, 6) is -0.154. The average Bonchev–Trinajstić information content (AvgIpc) is 2.32. The minimum Gasteiger partial charge on any atom is -0.319 e. The summed E-state index contributed by atoms with van der Waals surface area (Å²) in [7, 11) is 1.89. The first kappa shape index (κ1) is 16.5. The highest BCUT2D eigenvalue weighted by molar-refractivity contribution is 5.16. The molecule has 0 fully saturated rings. The lowest BCUT2D eigenvalue weighted by Gasteiger charge is -1.99. The van der Waals surface area contributed by atoms with Crippen molar-refractivity contribution < 1.29 is 4.39 Å². The van der Waals surface area contributed by atoms with Gasteiger partial charge < -0.3 is 5.32 Å². The number of hydrogen-bond acceptors (Lipinski definition) is 1. The largest absolute Gasteiger partial charge is 0.319 e. The molecule has 1 rings (SSSR count). The van der Waals surface area contributed by atoms with Crippen LogP contribution in [-0.2, 0) is 6.42 Å². The van der Waals surface area contributed by atoms with E-state index in [4.69, 9.17) is 0 Å². The first-order valence-corrected chi connectivity index (χ1v) is 5.72. The Kier molecular flexibility index (Phi) is 14.5. The molecule has 1 aromatic carbocycles. The molecule has 0 heterocycles. The summed E-state index contributed by atoms with van der Waals surface area (Å²) in [5.41, 5.74) is 1.04. The Labute approximate surface area is 93.7 Å². The highest BCUT2D eigenvalue weighted by atomic mass is 19.1. The molecule has 0 bridgehead atoms. The van der Waals surface area contributed by atoms with E-state index in [2.05, 4.69) is 5.32 Å². The number of nitrogens with one attached hydrogen (secondary N) is 1. The molecule has 1 aromatic rings. The third kappa shape index (κ3) is 9.42. The Morgan fingerprint density at radius 2 is 1.73 bits per heavy atom. The standard InChI is InChI=1S/C9H12FN.2C2H6/c1-11-6-5-8-3-2-4-9(10)7-8;2*1-2/h2-4,7,11H,5-6H2,1H3;2*1-2H3. The van der Waals surface area contributed by atoms with Crippen molar-refractivity contribution in [2.45, 2.75) is 34.1 Å². The molecule has 0 amide bonds. The number of benzene rings is 1. The van der Waals surface area contributed by atoms with Crippen LogP contribution in [-0.4, -0.2) is 13.6 Å². The SMILES string of the molecule is CC.CC.CNCCc1cccc(F)c1. The second-order valence-electron chi connectivity index (χ2n) is 2.48. The molecule has 0 aromatic heterocycles. The van der Waals surface area contributed by atoms with E-state index < -0.39 is 0 Å². The second kappa shape index (κ2) is 13.1. The van der Waals surface area contributed by atoms with Crippen molar-refractivity contribution in [3.8, 4) is 0 Å². The van der Waals surface area contributed by atoms with Gasteiger partial charge in [-0.1, -0.05) is 39.8 Å². The maximum atomic E-state index is 12.6. The summed E-state index contributed by atoms with van der Waals surface area (Å²) >= 11 is 0. The van der Waals surface area contributed by atoms with E-state index >= 15 is 0 Å². The monoisotopic (exact) mass is 213 g/mol. The number of hydrogen-bond donors (Lipinski definition) is 1. The van der Waals surface area contributed by atoms with Crippen LogP contribution in [0.3, 0.4) is 0 Å². The predicted octanol–water partition coefficient (Wildman–Crippen LogP) is 3.64. The smallest absolute Gasteiger partial charge is 0.123 e. The second-order valence-corrected chi connectivity index (χ2v) is 2.48. The molecule has 0 saturated carbocycles. The lowest BCUT2D eigenvalue weighted by atomic mass is 10.1. The Morgan fingerprint density at radius 3 is 2.20 bits per heavy atom. The topological polar surface area (TPSA) is 12.0 Å². The van der Waals surface area contributed by atoms with Gasteiger partial charge in [0.15, 0.2) is 0 Å². The van der Waals surface area contributed by atoms with Crippen molar-refractivity contribution in [1.82, 2.24) is 5.32 Å². The minimum absolute atomic E-state index is 0.154. The highest BCUT2D eigenvalue weighted by Gasteiger charge is 1.92. The molecule has 1 nitrogen and oxygen atoms in total. The molecular weight excluding hydrogens is 189 g/mol. The highest BCUT2D eigenvalue weighted by Crippen LogP contribution is 2.02. The van der Waals surface area contributed by atoms with E-state index in [0.717, 1.165) is 18.5 Å². The van der Waals surface area contributed by atoms with Gasteiger partial charge in [-0.15, -0.1) is 0 Å². The molecule has 0 aliphatic rings. The molecule has 2 heteroatoms. The van der Waals surface area contributed by atoms with Crippen LogP contribution in [0.4, 0.5) is 4.39 Å². The van der Waals surface area contributed by atoms with Crippen molar-refractivity contribution in [2.75, 3.05) is 13.6 Å². The lowest BCUT2D eigenvalue weighted by Crippen LogP contribution is -2.10. The van der Waals surface area contributed by atoms with Crippen molar-refractivity contribution >= 4 is 0 Å². The van der Waals surface area contributed by atoms with Gasteiger partial charge in [0.2, 0.25) is 0 Å². The summed E-state index contributed by atoms with van der Waals surface area (Å²) in [4.78, 5) is 0. The molecule has 0 spiro atoms. The van der Waals surface area contributed by atoms with Crippen LogP contribution in [0, 0.1) is 5.82 Å². The molecule has 1 N–H and O–H groups in total. The summed E-state index contributed by atoms with van der Waals surface area (Å²) in [5, 5.41) is 3.01. The fourth-order valence-electron chi connectivity index (χ4n) is 0.962. The molecule has 0 saturated heterocycles. The first-order valence-electron chi connectivity index (χ1n) is 5.72. The van der Waals surface area contributed by atoms with Crippen LogP contribution in [0.25, 0.3) is 0 Å². The molecule has 0 unspecified atom stereocenters. The van der Waals surface area contributed by atoms with Crippen LogP contribution >= 0.6 is 0 Å². The van der Waals surface area contributed by atoms with E-state index in [1.54, 1.807) is 12.1 Å². The number of halogens is 1. The maximum absolute atomic E-state index is 12.6. The molecular formula is C13H24FN. The number of rotatable bonds is 3. The molecule has 0 atom stereocenters. The third-order valence-electron chi connectivity index (χ3n) is 1.55. The van der Waals surface area contributed by atoms with Gasteiger partial charge >= 0.3 is 0 Å². The van der Waals surface area contributed by atoms with Gasteiger partial charge in [0.05, 0.1) is 0 Å². The van der Waals surface area contributed by atoms with Crippen LogP contribution in [0.2, 0.25) is 0 Å². The Balaban J connectivity index is 0. The fourth-order valence-corrected chi connectivity index (χ4v) is 0.962. The molecule has 88 valence electrons. The van der Waals surface area contributed by atoms with Gasteiger partial charge in [0, 0.05) is 0 Å².